The van der Waals surface area contributed by atoms with E-state index in [1.165, 1.54) is 11.3 Å². The molecule has 3 rings (SSSR count). The molecule has 1 saturated heterocycles. The molecule has 1 amide bonds. The van der Waals surface area contributed by atoms with Crippen LogP contribution in [0.2, 0.25) is 4.34 Å². The molecule has 0 aliphatic carbocycles. The Morgan fingerprint density at radius 2 is 1.96 bits per heavy atom. The quantitative estimate of drug-likeness (QED) is 0.584. The molecule has 2 aromatic rings. The van der Waals surface area contributed by atoms with Gasteiger partial charge in [-0.1, -0.05) is 23.7 Å². The second-order valence-corrected chi connectivity index (χ2v) is 7.71. The first-order chi connectivity index (χ1) is 11.9. The van der Waals surface area contributed by atoms with Crippen LogP contribution in [0.1, 0.15) is 23.4 Å². The average molecular weight is 381 g/mol. The van der Waals surface area contributed by atoms with Gasteiger partial charge in [0.05, 0.1) is 11.4 Å². The van der Waals surface area contributed by atoms with Gasteiger partial charge in [0, 0.05) is 16.3 Å². The summed E-state index contributed by atoms with van der Waals surface area (Å²) in [6, 6.07) is 9.20. The van der Waals surface area contributed by atoms with Crippen LogP contribution in [0.15, 0.2) is 36.4 Å². The number of likely N-dealkylation sites (tertiary alicyclic amines) is 1. The van der Waals surface area contributed by atoms with Gasteiger partial charge in [0.25, 0.3) is 0 Å². The lowest BCUT2D eigenvalue weighted by atomic mass is 10.00. The van der Waals surface area contributed by atoms with Crippen LogP contribution >= 0.6 is 22.9 Å². The largest absolute Gasteiger partial charge is 0.497 e. The topological polar surface area (TPSA) is 72.7 Å². The van der Waals surface area contributed by atoms with Crippen LogP contribution in [0, 0.1) is 16.0 Å². The van der Waals surface area contributed by atoms with E-state index in [2.05, 4.69) is 0 Å². The third-order valence-electron chi connectivity index (χ3n) is 4.49. The summed E-state index contributed by atoms with van der Waals surface area (Å²) in [7, 11) is 1.58. The highest BCUT2D eigenvalue weighted by Crippen LogP contribution is 2.42. The highest BCUT2D eigenvalue weighted by molar-refractivity contribution is 7.16. The van der Waals surface area contributed by atoms with E-state index in [1.807, 2.05) is 12.1 Å². The van der Waals surface area contributed by atoms with Gasteiger partial charge in [0.2, 0.25) is 11.9 Å². The normalized spacial score (nSPS) is 23.1. The van der Waals surface area contributed by atoms with Crippen LogP contribution in [0.3, 0.4) is 0 Å². The molecule has 1 aromatic heterocycles. The maximum Gasteiger partial charge on any atom is 0.249 e. The van der Waals surface area contributed by atoms with Crippen molar-refractivity contribution in [3.8, 4) is 5.75 Å². The highest BCUT2D eigenvalue weighted by atomic mass is 35.5. The van der Waals surface area contributed by atoms with E-state index in [0.717, 1.165) is 16.2 Å². The van der Waals surface area contributed by atoms with Gasteiger partial charge in [-0.15, -0.1) is 11.3 Å². The van der Waals surface area contributed by atoms with Crippen molar-refractivity contribution >= 4 is 28.8 Å². The number of hydrogen-bond donors (Lipinski definition) is 0. The summed E-state index contributed by atoms with van der Waals surface area (Å²) in [5, 5.41) is 11.6. The molecule has 0 saturated carbocycles. The first-order valence-corrected chi connectivity index (χ1v) is 8.94. The van der Waals surface area contributed by atoms with E-state index < -0.39 is 18.0 Å². The third-order valence-corrected chi connectivity index (χ3v) is 5.79. The number of carbonyl (C=O) groups is 1. The maximum atomic E-state index is 12.7. The lowest BCUT2D eigenvalue weighted by Gasteiger charge is -2.24. The van der Waals surface area contributed by atoms with E-state index in [-0.39, 0.29) is 10.8 Å². The number of methoxy groups -OCH3 is 1. The number of nitro groups is 1. The molecule has 3 atom stereocenters. The van der Waals surface area contributed by atoms with Gasteiger partial charge in [-0.05, 0) is 36.8 Å². The third kappa shape index (κ3) is 3.34. The van der Waals surface area contributed by atoms with Crippen molar-refractivity contribution in [3.63, 3.8) is 0 Å². The molecule has 0 bridgehead atoms. The Hall–Kier alpha value is -2.12. The van der Waals surface area contributed by atoms with Crippen molar-refractivity contribution < 1.29 is 14.5 Å². The molecule has 6 nitrogen and oxygen atoms in total. The second kappa shape index (κ2) is 7.01. The molecule has 0 N–H and O–H groups in total. The number of nitrogens with zero attached hydrogens (tertiary/aromatic N) is 2. The lowest BCUT2D eigenvalue weighted by Crippen LogP contribution is -2.32. The van der Waals surface area contributed by atoms with Crippen molar-refractivity contribution in [1.82, 2.24) is 4.90 Å². The summed E-state index contributed by atoms with van der Waals surface area (Å²) in [6.45, 7) is 1.92. The van der Waals surface area contributed by atoms with E-state index in [4.69, 9.17) is 16.3 Å². The minimum Gasteiger partial charge on any atom is -0.497 e. The van der Waals surface area contributed by atoms with Crippen LogP contribution < -0.4 is 4.74 Å². The zero-order chi connectivity index (χ0) is 18.1. The Balaban J connectivity index is 1.95. The van der Waals surface area contributed by atoms with Crippen molar-refractivity contribution in [2.24, 2.45) is 5.92 Å². The van der Waals surface area contributed by atoms with Gasteiger partial charge in [-0.25, -0.2) is 0 Å². The van der Waals surface area contributed by atoms with E-state index in [9.17, 15) is 14.9 Å². The molecule has 0 spiro atoms. The Kier molecular flexibility index (Phi) is 4.96. The summed E-state index contributed by atoms with van der Waals surface area (Å²) in [5.41, 5.74) is 0.887. The summed E-state index contributed by atoms with van der Waals surface area (Å²) in [6.07, 6.45) is 0. The molecule has 2 heterocycles. The predicted molar refractivity (Wildman–Crippen MR) is 95.6 cm³/mol. The Morgan fingerprint density at radius 3 is 2.48 bits per heavy atom. The summed E-state index contributed by atoms with van der Waals surface area (Å²) >= 11 is 7.29. The minimum atomic E-state index is -0.986. The molecule has 0 unspecified atom stereocenters. The first-order valence-electron chi connectivity index (χ1n) is 7.74. The molecule has 1 aliphatic heterocycles. The minimum absolute atomic E-state index is 0.216. The van der Waals surface area contributed by atoms with Gasteiger partial charge in [-0.3, -0.25) is 14.9 Å². The standard InChI is InChI=1S/C17H17ClN2O4S/c1-10-15(20(22)23)16(13-7-8-14(18)25-13)19(17(10)21)9-11-3-5-12(24-2)6-4-11/h3-8,10,15-16H,9H2,1-2H3/t10-,15-,16+/m0/s1. The van der Waals surface area contributed by atoms with Crippen molar-refractivity contribution in [3.05, 3.63) is 61.3 Å². The Bertz CT molecular complexity index is 792. The SMILES string of the molecule is COc1ccc(CN2C(=O)[C@@H](C)[C@H]([N+](=O)[O-])[C@H]2c2ccc(Cl)s2)cc1. The van der Waals surface area contributed by atoms with E-state index in [1.54, 1.807) is 43.2 Å². The van der Waals surface area contributed by atoms with Crippen LogP contribution in [0.4, 0.5) is 0 Å². The second-order valence-electron chi connectivity index (χ2n) is 5.97. The first kappa shape index (κ1) is 17.7. The fraction of sp³-hybridized carbons (Fsp3) is 0.353. The van der Waals surface area contributed by atoms with Gasteiger partial charge in [0.1, 0.15) is 17.7 Å². The smallest absolute Gasteiger partial charge is 0.249 e. The molecular weight excluding hydrogens is 364 g/mol. The molecule has 1 aromatic carbocycles. The zero-order valence-corrected chi connectivity index (χ0v) is 15.3. The molecule has 132 valence electrons. The van der Waals surface area contributed by atoms with Crippen LogP contribution in [0.5, 0.6) is 5.75 Å². The van der Waals surface area contributed by atoms with Crippen molar-refractivity contribution in [2.75, 3.05) is 7.11 Å². The van der Waals surface area contributed by atoms with Gasteiger partial charge >= 0.3 is 0 Å². The predicted octanol–water partition coefficient (Wildman–Crippen LogP) is 3.78. The number of rotatable bonds is 5. The number of carbonyl (C=O) groups excluding carboxylic acids is 1. The Labute approximate surface area is 154 Å². The van der Waals surface area contributed by atoms with Gasteiger partial charge in [0.15, 0.2) is 0 Å². The summed E-state index contributed by atoms with van der Waals surface area (Å²) in [4.78, 5) is 26.3. The van der Waals surface area contributed by atoms with Gasteiger partial charge in [-0.2, -0.15) is 0 Å². The van der Waals surface area contributed by atoms with Crippen LogP contribution in [-0.4, -0.2) is 28.9 Å². The fourth-order valence-electron chi connectivity index (χ4n) is 3.21. The number of ether oxygens (including phenoxy) is 1. The monoisotopic (exact) mass is 380 g/mol. The highest BCUT2D eigenvalue weighted by Gasteiger charge is 2.54. The molecular formula is C17H17ClN2O4S. The van der Waals surface area contributed by atoms with Crippen molar-refractivity contribution in [2.45, 2.75) is 25.6 Å². The molecule has 25 heavy (non-hydrogen) atoms. The fourth-order valence-corrected chi connectivity index (χ4v) is 4.43. The van der Waals surface area contributed by atoms with E-state index >= 15 is 0 Å². The average Bonchev–Trinajstić information content (AvgIpc) is 3.12. The number of halogens is 1. The zero-order valence-electron chi connectivity index (χ0n) is 13.7. The summed E-state index contributed by atoms with van der Waals surface area (Å²) in [5.74, 6) is -0.180. The molecule has 0 radical (unpaired) electrons. The van der Waals surface area contributed by atoms with E-state index in [0.29, 0.717) is 10.9 Å². The number of benzene rings is 1. The summed E-state index contributed by atoms with van der Waals surface area (Å²) < 4.78 is 5.69. The van der Waals surface area contributed by atoms with Gasteiger partial charge < -0.3 is 9.64 Å². The molecule has 1 aliphatic rings. The van der Waals surface area contributed by atoms with Crippen molar-refractivity contribution in [1.29, 1.82) is 0 Å². The lowest BCUT2D eigenvalue weighted by molar-refractivity contribution is -0.532. The molecule has 8 heteroatoms. The molecule has 1 fully saturated rings. The number of amides is 1. The maximum absolute atomic E-state index is 12.7. The van der Waals surface area contributed by atoms with Crippen LogP contribution in [0.25, 0.3) is 0 Å². The Morgan fingerprint density at radius 1 is 1.28 bits per heavy atom. The van der Waals surface area contributed by atoms with Crippen LogP contribution in [-0.2, 0) is 11.3 Å². The number of thiophene rings is 1. The number of hydrogen-bond acceptors (Lipinski definition) is 5.